The molecule has 1 aliphatic rings. The summed E-state index contributed by atoms with van der Waals surface area (Å²) in [6.45, 7) is 5.50. The minimum absolute atomic E-state index is 0.667. The Balaban J connectivity index is 1.69. The van der Waals surface area contributed by atoms with Gasteiger partial charge in [0.25, 0.3) is 0 Å². The van der Waals surface area contributed by atoms with Crippen LogP contribution in [0.2, 0.25) is 0 Å². The second-order valence-corrected chi connectivity index (χ2v) is 5.17. The largest absolute Gasteiger partial charge is 0.307 e. The van der Waals surface area contributed by atoms with Crippen LogP contribution in [-0.4, -0.2) is 21.2 Å². The molecule has 0 unspecified atom stereocenters. The molecule has 0 amide bonds. The molecule has 0 atom stereocenters. The maximum Gasteiger partial charge on any atom is 0.138 e. The van der Waals surface area contributed by atoms with Crippen LogP contribution in [0.3, 0.4) is 0 Å². The third-order valence-corrected chi connectivity index (χ3v) is 3.74. The monoisotopic (exact) mass is 222 g/mol. The Morgan fingerprint density at radius 2 is 2.12 bits per heavy atom. The van der Waals surface area contributed by atoms with E-state index in [-0.39, 0.29) is 0 Å². The Bertz CT molecular complexity index is 286. The van der Waals surface area contributed by atoms with Crippen molar-refractivity contribution in [2.45, 2.75) is 52.1 Å². The first kappa shape index (κ1) is 11.6. The number of aromatic nitrogens is 3. The number of hydrogen-bond acceptors (Lipinski definition) is 3. The fourth-order valence-electron chi connectivity index (χ4n) is 2.55. The van der Waals surface area contributed by atoms with E-state index in [1.807, 2.05) is 0 Å². The molecule has 0 saturated heterocycles. The van der Waals surface area contributed by atoms with Gasteiger partial charge in [-0.15, -0.1) is 0 Å². The van der Waals surface area contributed by atoms with Crippen molar-refractivity contribution in [1.29, 1.82) is 0 Å². The van der Waals surface area contributed by atoms with Crippen molar-refractivity contribution >= 4 is 0 Å². The molecule has 1 saturated carbocycles. The molecule has 0 radical (unpaired) electrons. The van der Waals surface area contributed by atoms with E-state index < -0.39 is 0 Å². The van der Waals surface area contributed by atoms with Crippen molar-refractivity contribution in [1.82, 2.24) is 20.5 Å². The molecule has 1 aliphatic carbocycles. The van der Waals surface area contributed by atoms with Crippen LogP contribution in [0.15, 0.2) is 6.33 Å². The standard InChI is InChI=1S/C12H22N4/c1-9(2)10-3-5-11(6-4-10)13-7-12-14-8-15-16-12/h8-11,13H,3-7H2,1-2H3,(H,14,15,16). The van der Waals surface area contributed by atoms with Crippen LogP contribution < -0.4 is 5.32 Å². The van der Waals surface area contributed by atoms with E-state index in [2.05, 4.69) is 34.3 Å². The molecular formula is C12H22N4. The highest BCUT2D eigenvalue weighted by Gasteiger charge is 2.22. The molecule has 1 aromatic heterocycles. The summed E-state index contributed by atoms with van der Waals surface area (Å²) in [6.07, 6.45) is 6.90. The van der Waals surface area contributed by atoms with Crippen LogP contribution in [0.1, 0.15) is 45.4 Å². The van der Waals surface area contributed by atoms with Gasteiger partial charge in [0.2, 0.25) is 0 Å². The van der Waals surface area contributed by atoms with Gasteiger partial charge in [-0.3, -0.25) is 5.10 Å². The molecule has 1 heterocycles. The lowest BCUT2D eigenvalue weighted by Gasteiger charge is -2.31. The minimum atomic E-state index is 0.667. The Labute approximate surface area is 97.2 Å². The molecule has 2 rings (SSSR count). The first-order chi connectivity index (χ1) is 7.75. The molecule has 0 aromatic carbocycles. The van der Waals surface area contributed by atoms with Crippen LogP contribution in [-0.2, 0) is 6.54 Å². The van der Waals surface area contributed by atoms with Crippen LogP contribution in [0.25, 0.3) is 0 Å². The predicted molar refractivity (Wildman–Crippen MR) is 63.8 cm³/mol. The summed E-state index contributed by atoms with van der Waals surface area (Å²) in [6, 6.07) is 0.667. The van der Waals surface area contributed by atoms with Gasteiger partial charge in [0.05, 0.1) is 6.54 Å². The van der Waals surface area contributed by atoms with E-state index in [4.69, 9.17) is 0 Å². The van der Waals surface area contributed by atoms with Gasteiger partial charge in [-0.05, 0) is 37.5 Å². The molecule has 0 spiro atoms. The zero-order valence-electron chi connectivity index (χ0n) is 10.2. The van der Waals surface area contributed by atoms with Crippen LogP contribution >= 0.6 is 0 Å². The summed E-state index contributed by atoms with van der Waals surface area (Å²) in [5.41, 5.74) is 0. The maximum absolute atomic E-state index is 4.11. The first-order valence-electron chi connectivity index (χ1n) is 6.33. The summed E-state index contributed by atoms with van der Waals surface area (Å²) in [5, 5.41) is 10.3. The lowest BCUT2D eigenvalue weighted by atomic mass is 9.80. The van der Waals surface area contributed by atoms with Crippen molar-refractivity contribution in [3.05, 3.63) is 12.2 Å². The number of aromatic amines is 1. The fraction of sp³-hybridized carbons (Fsp3) is 0.833. The fourth-order valence-corrected chi connectivity index (χ4v) is 2.55. The number of nitrogens with zero attached hydrogens (tertiary/aromatic N) is 2. The number of hydrogen-bond donors (Lipinski definition) is 2. The van der Waals surface area contributed by atoms with Crippen LogP contribution in [0.4, 0.5) is 0 Å². The SMILES string of the molecule is CC(C)C1CCC(NCc2ncn[nH]2)CC1. The second-order valence-electron chi connectivity index (χ2n) is 5.17. The smallest absolute Gasteiger partial charge is 0.138 e. The van der Waals surface area contributed by atoms with Gasteiger partial charge in [0, 0.05) is 6.04 Å². The highest BCUT2D eigenvalue weighted by atomic mass is 15.2. The molecule has 4 heteroatoms. The number of nitrogens with one attached hydrogen (secondary N) is 2. The number of H-pyrrole nitrogens is 1. The summed E-state index contributed by atoms with van der Waals surface area (Å²) in [5.74, 6) is 2.71. The van der Waals surface area contributed by atoms with Gasteiger partial charge in [-0.1, -0.05) is 13.8 Å². The molecular weight excluding hydrogens is 200 g/mol. The third kappa shape index (κ3) is 3.04. The molecule has 4 nitrogen and oxygen atoms in total. The van der Waals surface area contributed by atoms with Gasteiger partial charge < -0.3 is 5.32 Å². The molecule has 1 fully saturated rings. The second kappa shape index (κ2) is 5.43. The Morgan fingerprint density at radius 3 is 2.69 bits per heavy atom. The molecule has 16 heavy (non-hydrogen) atoms. The molecule has 1 aromatic rings. The quantitative estimate of drug-likeness (QED) is 0.820. The first-order valence-corrected chi connectivity index (χ1v) is 6.33. The topological polar surface area (TPSA) is 53.6 Å². The highest BCUT2D eigenvalue weighted by Crippen LogP contribution is 2.29. The molecule has 2 N–H and O–H groups in total. The van der Waals surface area contributed by atoms with E-state index >= 15 is 0 Å². The minimum Gasteiger partial charge on any atom is -0.307 e. The Kier molecular flexibility index (Phi) is 3.93. The van der Waals surface area contributed by atoms with Gasteiger partial charge >= 0.3 is 0 Å². The third-order valence-electron chi connectivity index (χ3n) is 3.74. The van der Waals surface area contributed by atoms with Crippen LogP contribution in [0, 0.1) is 11.8 Å². The van der Waals surface area contributed by atoms with Crippen molar-refractivity contribution in [3.8, 4) is 0 Å². The number of rotatable bonds is 4. The average Bonchev–Trinajstić information content (AvgIpc) is 2.80. The summed E-state index contributed by atoms with van der Waals surface area (Å²) < 4.78 is 0. The van der Waals surface area contributed by atoms with E-state index in [1.54, 1.807) is 6.33 Å². The lowest BCUT2D eigenvalue weighted by Crippen LogP contribution is -2.34. The normalized spacial score (nSPS) is 26.2. The Morgan fingerprint density at radius 1 is 1.38 bits per heavy atom. The molecule has 0 aliphatic heterocycles. The molecule has 90 valence electrons. The Hall–Kier alpha value is -0.900. The average molecular weight is 222 g/mol. The summed E-state index contributed by atoms with van der Waals surface area (Å²) >= 11 is 0. The van der Waals surface area contributed by atoms with E-state index in [9.17, 15) is 0 Å². The molecule has 0 bridgehead atoms. The van der Waals surface area contributed by atoms with Gasteiger partial charge in [-0.25, -0.2) is 4.98 Å². The lowest BCUT2D eigenvalue weighted by molar-refractivity contribution is 0.237. The predicted octanol–water partition coefficient (Wildman–Crippen LogP) is 2.11. The van der Waals surface area contributed by atoms with Gasteiger partial charge in [0.15, 0.2) is 0 Å². The van der Waals surface area contributed by atoms with Crippen molar-refractivity contribution in [2.75, 3.05) is 0 Å². The summed E-state index contributed by atoms with van der Waals surface area (Å²) in [7, 11) is 0. The summed E-state index contributed by atoms with van der Waals surface area (Å²) in [4.78, 5) is 4.11. The van der Waals surface area contributed by atoms with Crippen molar-refractivity contribution in [3.63, 3.8) is 0 Å². The van der Waals surface area contributed by atoms with E-state index in [0.29, 0.717) is 6.04 Å². The zero-order valence-corrected chi connectivity index (χ0v) is 10.2. The van der Waals surface area contributed by atoms with Gasteiger partial charge in [-0.2, -0.15) is 5.10 Å². The van der Waals surface area contributed by atoms with Crippen LogP contribution in [0.5, 0.6) is 0 Å². The van der Waals surface area contributed by atoms with E-state index in [1.165, 1.54) is 25.7 Å². The van der Waals surface area contributed by atoms with Gasteiger partial charge in [0.1, 0.15) is 12.2 Å². The highest BCUT2D eigenvalue weighted by molar-refractivity contribution is 4.83. The zero-order chi connectivity index (χ0) is 11.4. The maximum atomic E-state index is 4.11. The van der Waals surface area contributed by atoms with Crippen molar-refractivity contribution < 1.29 is 0 Å². The van der Waals surface area contributed by atoms with E-state index in [0.717, 1.165) is 24.2 Å². The van der Waals surface area contributed by atoms with Crippen molar-refractivity contribution in [2.24, 2.45) is 11.8 Å².